The first kappa shape index (κ1) is 14.0. The molecule has 0 saturated heterocycles. The van der Waals surface area contributed by atoms with Crippen LogP contribution in [0.15, 0.2) is 0 Å². The number of methoxy groups -OCH3 is 2. The molecule has 2 atom stereocenters. The molecule has 1 aliphatic rings. The fraction of sp³-hybridized carbons (Fsp3) is 0.846. The van der Waals surface area contributed by atoms with Crippen molar-refractivity contribution in [1.29, 1.82) is 0 Å². The van der Waals surface area contributed by atoms with Gasteiger partial charge >= 0.3 is 11.9 Å². The average Bonchev–Trinajstić information content (AvgIpc) is 2.97. The molecule has 0 unspecified atom stereocenters. The molecular formula is C13H22O4. The summed E-state index contributed by atoms with van der Waals surface area (Å²) < 4.78 is 9.63. The molecule has 98 valence electrons. The molecule has 0 N–H and O–H groups in total. The topological polar surface area (TPSA) is 52.6 Å². The van der Waals surface area contributed by atoms with Gasteiger partial charge in [0, 0.05) is 0 Å². The van der Waals surface area contributed by atoms with Crippen LogP contribution >= 0.6 is 0 Å². The van der Waals surface area contributed by atoms with Gasteiger partial charge in [0.25, 0.3) is 0 Å². The molecule has 1 rings (SSSR count). The zero-order chi connectivity index (χ0) is 13.1. The van der Waals surface area contributed by atoms with Gasteiger partial charge in [-0.1, -0.05) is 26.7 Å². The normalized spacial score (nSPS) is 25.2. The quantitative estimate of drug-likeness (QED) is 0.529. The Morgan fingerprint density at radius 2 is 1.29 bits per heavy atom. The molecule has 17 heavy (non-hydrogen) atoms. The number of hydrogen-bond acceptors (Lipinski definition) is 4. The van der Waals surface area contributed by atoms with E-state index in [2.05, 4.69) is 13.8 Å². The Morgan fingerprint density at radius 1 is 0.941 bits per heavy atom. The maximum atomic E-state index is 11.9. The van der Waals surface area contributed by atoms with Crippen LogP contribution in [-0.2, 0) is 19.1 Å². The molecule has 0 radical (unpaired) electrons. The second-order valence-electron chi connectivity index (χ2n) is 4.64. The van der Waals surface area contributed by atoms with Gasteiger partial charge in [-0.3, -0.25) is 9.59 Å². The van der Waals surface area contributed by atoms with E-state index in [1.165, 1.54) is 14.2 Å². The monoisotopic (exact) mass is 242 g/mol. The van der Waals surface area contributed by atoms with Crippen molar-refractivity contribution in [2.75, 3.05) is 14.2 Å². The molecule has 0 aromatic heterocycles. The van der Waals surface area contributed by atoms with E-state index in [1.807, 2.05) is 0 Å². The lowest BCUT2D eigenvalue weighted by atomic mass is 9.99. The highest BCUT2D eigenvalue weighted by Gasteiger charge is 2.74. The van der Waals surface area contributed by atoms with Crippen LogP contribution < -0.4 is 0 Å². The summed E-state index contributed by atoms with van der Waals surface area (Å²) in [4.78, 5) is 23.9. The lowest BCUT2D eigenvalue weighted by Gasteiger charge is -2.13. The van der Waals surface area contributed by atoms with E-state index in [4.69, 9.17) is 9.47 Å². The van der Waals surface area contributed by atoms with Gasteiger partial charge in [0.05, 0.1) is 14.2 Å². The summed E-state index contributed by atoms with van der Waals surface area (Å²) in [5.74, 6) is -0.679. The average molecular weight is 242 g/mol. The third-order valence-corrected chi connectivity index (χ3v) is 3.79. The Balaban J connectivity index is 2.98. The fourth-order valence-corrected chi connectivity index (χ4v) is 3.04. The molecule has 0 spiro atoms. The van der Waals surface area contributed by atoms with Crippen LogP contribution in [0.3, 0.4) is 0 Å². The number of rotatable bonds is 6. The Morgan fingerprint density at radius 3 is 1.53 bits per heavy atom. The smallest absolute Gasteiger partial charge is 0.323 e. The lowest BCUT2D eigenvalue weighted by Crippen LogP contribution is -2.32. The first-order valence-corrected chi connectivity index (χ1v) is 6.27. The van der Waals surface area contributed by atoms with Crippen molar-refractivity contribution >= 4 is 11.9 Å². The minimum absolute atomic E-state index is 0.0901. The summed E-state index contributed by atoms with van der Waals surface area (Å²) in [7, 11) is 2.66. The minimum atomic E-state index is -1.02. The van der Waals surface area contributed by atoms with E-state index in [0.717, 1.165) is 25.7 Å². The molecular weight excluding hydrogens is 220 g/mol. The van der Waals surface area contributed by atoms with Gasteiger partial charge in [0.2, 0.25) is 0 Å². The highest BCUT2D eigenvalue weighted by atomic mass is 16.5. The summed E-state index contributed by atoms with van der Waals surface area (Å²) >= 11 is 0. The van der Waals surface area contributed by atoms with Crippen LogP contribution in [0.2, 0.25) is 0 Å². The third kappa shape index (κ3) is 2.05. The van der Waals surface area contributed by atoms with Gasteiger partial charge in [0.15, 0.2) is 5.41 Å². The molecule has 0 aliphatic heterocycles. The molecule has 1 fully saturated rings. The molecule has 0 aromatic rings. The van der Waals surface area contributed by atoms with Gasteiger partial charge in [0.1, 0.15) is 0 Å². The van der Waals surface area contributed by atoms with Crippen LogP contribution in [0.5, 0.6) is 0 Å². The first-order chi connectivity index (χ1) is 8.10. The summed E-state index contributed by atoms with van der Waals surface area (Å²) in [6.07, 6.45) is 3.66. The molecule has 1 saturated carbocycles. The van der Waals surface area contributed by atoms with Crippen molar-refractivity contribution in [3.63, 3.8) is 0 Å². The van der Waals surface area contributed by atoms with Crippen LogP contribution in [0.4, 0.5) is 0 Å². The van der Waals surface area contributed by atoms with E-state index in [1.54, 1.807) is 0 Å². The van der Waals surface area contributed by atoms with Gasteiger partial charge in [-0.25, -0.2) is 0 Å². The molecule has 0 aromatic carbocycles. The zero-order valence-electron chi connectivity index (χ0n) is 11.1. The van der Waals surface area contributed by atoms with E-state index in [0.29, 0.717) is 0 Å². The minimum Gasteiger partial charge on any atom is -0.468 e. The van der Waals surface area contributed by atoms with E-state index >= 15 is 0 Å². The number of esters is 2. The van der Waals surface area contributed by atoms with Crippen LogP contribution in [0, 0.1) is 17.3 Å². The van der Waals surface area contributed by atoms with Gasteiger partial charge < -0.3 is 9.47 Å². The molecule has 0 heterocycles. The molecule has 1 aliphatic carbocycles. The molecule has 0 amide bonds. The van der Waals surface area contributed by atoms with E-state index in [-0.39, 0.29) is 11.8 Å². The predicted molar refractivity (Wildman–Crippen MR) is 63.3 cm³/mol. The zero-order valence-corrected chi connectivity index (χ0v) is 11.1. The maximum Gasteiger partial charge on any atom is 0.323 e. The van der Waals surface area contributed by atoms with Crippen molar-refractivity contribution < 1.29 is 19.1 Å². The SMILES string of the molecule is CCC[C@@H]1[C@H](CCC)C1(C(=O)OC)C(=O)OC. The predicted octanol–water partition coefficient (Wildman–Crippen LogP) is 2.17. The number of carbonyl (C=O) groups is 2. The molecule has 4 heteroatoms. The molecule has 4 nitrogen and oxygen atoms in total. The van der Waals surface area contributed by atoms with Crippen LogP contribution in [-0.4, -0.2) is 26.2 Å². The molecule has 0 bridgehead atoms. The van der Waals surface area contributed by atoms with Crippen LogP contribution in [0.1, 0.15) is 39.5 Å². The Bertz CT molecular complexity index is 268. The number of carbonyl (C=O) groups excluding carboxylic acids is 2. The first-order valence-electron chi connectivity index (χ1n) is 6.27. The van der Waals surface area contributed by atoms with Crippen molar-refractivity contribution in [3.05, 3.63) is 0 Å². The Hall–Kier alpha value is -1.06. The fourth-order valence-electron chi connectivity index (χ4n) is 3.04. The highest BCUT2D eigenvalue weighted by Crippen LogP contribution is 2.64. The van der Waals surface area contributed by atoms with Crippen molar-refractivity contribution in [1.82, 2.24) is 0 Å². The van der Waals surface area contributed by atoms with Gasteiger partial charge in [-0.2, -0.15) is 0 Å². The largest absolute Gasteiger partial charge is 0.468 e. The number of hydrogen-bond donors (Lipinski definition) is 0. The highest BCUT2D eigenvalue weighted by molar-refractivity contribution is 6.04. The summed E-state index contributed by atoms with van der Waals surface area (Å²) in [5, 5.41) is 0. The van der Waals surface area contributed by atoms with Crippen molar-refractivity contribution in [2.24, 2.45) is 17.3 Å². The van der Waals surface area contributed by atoms with Crippen molar-refractivity contribution in [3.8, 4) is 0 Å². The summed E-state index contributed by atoms with van der Waals surface area (Å²) in [5.41, 5.74) is -1.02. The maximum absolute atomic E-state index is 11.9. The van der Waals surface area contributed by atoms with Gasteiger partial charge in [-0.15, -0.1) is 0 Å². The van der Waals surface area contributed by atoms with E-state index in [9.17, 15) is 9.59 Å². The van der Waals surface area contributed by atoms with Crippen LogP contribution in [0.25, 0.3) is 0 Å². The Labute approximate surface area is 103 Å². The van der Waals surface area contributed by atoms with Crippen molar-refractivity contribution in [2.45, 2.75) is 39.5 Å². The number of ether oxygens (including phenoxy) is 2. The van der Waals surface area contributed by atoms with E-state index < -0.39 is 17.4 Å². The van der Waals surface area contributed by atoms with Gasteiger partial charge in [-0.05, 0) is 24.7 Å². The summed E-state index contributed by atoms with van der Waals surface area (Å²) in [6, 6.07) is 0. The Kier molecular flexibility index (Phi) is 4.54. The standard InChI is InChI=1S/C13H22O4/c1-5-7-9-10(8-6-2)13(9,11(14)16-3)12(15)17-4/h9-10H,5-8H2,1-4H3/t9-,10+. The lowest BCUT2D eigenvalue weighted by molar-refractivity contribution is -0.163. The third-order valence-electron chi connectivity index (χ3n) is 3.79. The second-order valence-corrected chi connectivity index (χ2v) is 4.64. The second kappa shape index (κ2) is 5.52. The summed E-state index contributed by atoms with van der Waals surface area (Å²) in [6.45, 7) is 4.11.